The Hall–Kier alpha value is 0.540. The largest absolute Gasteiger partial charge is 2.00 e. The maximum Gasteiger partial charge on any atom is 2.00 e. The van der Waals surface area contributed by atoms with E-state index >= 15 is 0 Å². The van der Waals surface area contributed by atoms with E-state index in [0.29, 0.717) is 12.0 Å². The van der Waals surface area contributed by atoms with Gasteiger partial charge in [0, 0.05) is 18.0 Å². The summed E-state index contributed by atoms with van der Waals surface area (Å²) in [4.78, 5) is 26.2. The summed E-state index contributed by atoms with van der Waals surface area (Å²) in [5, 5.41) is 6.76. The molecule has 0 fully saturated rings. The van der Waals surface area contributed by atoms with E-state index < -0.39 is 0 Å². The number of aldehydes is 1. The van der Waals surface area contributed by atoms with Gasteiger partial charge in [0.15, 0.2) is 6.29 Å². The average Bonchev–Trinajstić information content (AvgIpc) is 2.50. The molecular weight excluding hydrogens is 624 g/mol. The molecule has 2 rings (SSSR count). The van der Waals surface area contributed by atoms with Crippen LogP contribution in [0.4, 0.5) is 0 Å². The summed E-state index contributed by atoms with van der Waals surface area (Å²) in [7, 11) is 0. The van der Waals surface area contributed by atoms with Crippen LogP contribution in [0.15, 0.2) is 45.9 Å². The number of rotatable bonds is 2. The summed E-state index contributed by atoms with van der Waals surface area (Å²) in [6, 6.07) is 7.32. The molecule has 0 unspecified atom stereocenters. The summed E-state index contributed by atoms with van der Waals surface area (Å²) in [6.45, 7) is 0.500. The van der Waals surface area contributed by atoms with Gasteiger partial charge in [-0.1, -0.05) is 44.4 Å². The second-order valence-electron chi connectivity index (χ2n) is 3.34. The van der Waals surface area contributed by atoms with Crippen molar-refractivity contribution in [1.29, 1.82) is 0 Å². The van der Waals surface area contributed by atoms with Crippen molar-refractivity contribution in [3.63, 3.8) is 0 Å². The van der Waals surface area contributed by atoms with Gasteiger partial charge >= 0.3 is 37.7 Å². The second kappa shape index (κ2) is 20.8. The number of nitrogens with zero attached hydrogens (tertiary/aromatic N) is 2. The molecule has 0 aromatic carbocycles. The van der Waals surface area contributed by atoms with E-state index in [1.165, 1.54) is 6.20 Å². The average molecular weight is 636 g/mol. The number of carbonyl (C=O) groups excluding carboxylic acids is 1. The van der Waals surface area contributed by atoms with E-state index in [9.17, 15) is 4.79 Å². The molecule has 2 aromatic heterocycles. The number of halogens is 4. The number of hydrogen-bond acceptors (Lipinski definition) is 5. The number of aliphatic hydroxyl groups excluding tert-OH is 1. The predicted molar refractivity (Wildman–Crippen MR) is 109 cm³/mol. The smallest absolute Gasteiger partial charge is 0.870 e. The van der Waals surface area contributed by atoms with Crippen LogP contribution >= 0.6 is 63.7 Å². The van der Waals surface area contributed by atoms with Crippen molar-refractivity contribution in [3.8, 4) is 0 Å². The van der Waals surface area contributed by atoms with Crippen molar-refractivity contribution in [2.45, 2.75) is 3.74 Å². The molecule has 0 saturated heterocycles. The van der Waals surface area contributed by atoms with Crippen LogP contribution in [-0.2, 0) is 4.79 Å². The Bertz CT molecular complexity index is 574. The third-order valence-corrected chi connectivity index (χ3v) is 3.88. The zero-order chi connectivity index (χ0) is 17.0. The third kappa shape index (κ3) is 17.7. The van der Waals surface area contributed by atoms with Crippen molar-refractivity contribution in [1.82, 2.24) is 9.97 Å². The molecule has 0 aliphatic carbocycles. The summed E-state index contributed by atoms with van der Waals surface area (Å²) >= 11 is 13.1. The molecule has 2 aromatic rings. The molecule has 0 bridgehead atoms. The molecule has 25 heavy (non-hydrogen) atoms. The van der Waals surface area contributed by atoms with Gasteiger partial charge in [0.25, 0.3) is 0 Å². The standard InChI is InChI=1S/C6H4Br3N.C6H4BrNO.CHO2.Ca.2H2O/c7-5-2-1-4(3-10-5)6(8)9;7-6-2-1-5(4-9)3-8-6;2-1-3;;;/h1-3,6H;1-4H;(H,2,3);;2*1H2/q;;-1;+2;;/p-1. The van der Waals surface area contributed by atoms with Crippen LogP contribution in [-0.4, -0.2) is 76.5 Å². The first kappa shape index (κ1) is 33.1. The summed E-state index contributed by atoms with van der Waals surface area (Å²) in [5.74, 6) is 0. The van der Waals surface area contributed by atoms with Gasteiger partial charge in [0.05, 0.1) is 3.74 Å². The van der Waals surface area contributed by atoms with Gasteiger partial charge in [-0.05, 0) is 55.6 Å². The van der Waals surface area contributed by atoms with Crippen LogP contribution in [0.3, 0.4) is 0 Å². The van der Waals surface area contributed by atoms with Crippen LogP contribution in [0.2, 0.25) is 0 Å². The van der Waals surface area contributed by atoms with Gasteiger partial charge in [-0.3, -0.25) is 4.79 Å². The first-order valence-corrected chi connectivity index (χ1v) is 8.83. The maximum absolute atomic E-state index is 10.1. The normalized spacial score (nSPS) is 7.88. The molecule has 0 atom stereocenters. The van der Waals surface area contributed by atoms with Crippen LogP contribution in [0.5, 0.6) is 0 Å². The fraction of sp³-hybridized carbons (Fsp3) is 0.0769. The van der Waals surface area contributed by atoms with Crippen LogP contribution in [0.25, 0.3) is 0 Å². The van der Waals surface area contributed by atoms with Crippen LogP contribution < -0.4 is 0 Å². The van der Waals surface area contributed by atoms with Gasteiger partial charge in [-0.2, -0.15) is 0 Å². The molecule has 0 radical (unpaired) electrons. The van der Waals surface area contributed by atoms with Crippen LogP contribution in [0.1, 0.15) is 19.7 Å². The second-order valence-corrected chi connectivity index (χ2v) is 8.02. The SMILES string of the molecule is Brc1ccc(C(Br)Br)cn1.O.O=Cc1ccc(Br)nc1.O=[C-]O.[Ca+2].[OH-]. The number of aromatic nitrogens is 2. The van der Waals surface area contributed by atoms with Gasteiger partial charge in [0.2, 0.25) is 0 Å². The first-order chi connectivity index (χ1) is 10.4. The topological polar surface area (TPSA) is 142 Å². The molecule has 7 nitrogen and oxygen atoms in total. The Balaban J connectivity index is -0.000000139. The van der Waals surface area contributed by atoms with Crippen molar-refractivity contribution >= 4 is 114 Å². The Labute approximate surface area is 208 Å². The minimum atomic E-state index is 0. The monoisotopic (exact) mass is 632 g/mol. The summed E-state index contributed by atoms with van der Waals surface area (Å²) in [6.07, 6.45) is 4.08. The molecule has 0 spiro atoms. The number of pyridine rings is 2. The van der Waals surface area contributed by atoms with Crippen LogP contribution in [0, 0.1) is 0 Å². The summed E-state index contributed by atoms with van der Waals surface area (Å²) < 4.78 is 1.80. The quantitative estimate of drug-likeness (QED) is 0.176. The number of alkyl halides is 2. The zero-order valence-electron chi connectivity index (χ0n) is 12.4. The van der Waals surface area contributed by atoms with Crippen molar-refractivity contribution in [3.05, 3.63) is 57.0 Å². The van der Waals surface area contributed by atoms with Crippen molar-refractivity contribution < 1.29 is 25.6 Å². The summed E-state index contributed by atoms with van der Waals surface area (Å²) in [5.41, 5.74) is 1.71. The third-order valence-electron chi connectivity index (χ3n) is 1.89. The molecule has 0 aliphatic rings. The van der Waals surface area contributed by atoms with Gasteiger partial charge in [-0.15, -0.1) is 0 Å². The van der Waals surface area contributed by atoms with Crippen molar-refractivity contribution in [2.24, 2.45) is 0 Å². The van der Waals surface area contributed by atoms with E-state index in [2.05, 4.69) is 73.7 Å². The molecule has 2 heterocycles. The first-order valence-electron chi connectivity index (χ1n) is 5.42. The van der Waals surface area contributed by atoms with E-state index in [0.717, 1.165) is 21.1 Å². The fourth-order valence-corrected chi connectivity index (χ4v) is 1.98. The minimum absolute atomic E-state index is 0. The molecule has 12 heteroatoms. The van der Waals surface area contributed by atoms with Crippen molar-refractivity contribution in [2.75, 3.05) is 0 Å². The number of hydrogen-bond donors (Lipinski definition) is 1. The van der Waals surface area contributed by atoms with Gasteiger partial charge in [-0.25, -0.2) is 9.97 Å². The molecule has 4 N–H and O–H groups in total. The Kier molecular flexibility index (Phi) is 27.6. The molecule has 0 aliphatic heterocycles. The molecule has 0 amide bonds. The Morgan fingerprint density at radius 1 is 1.04 bits per heavy atom. The Morgan fingerprint density at radius 3 is 1.76 bits per heavy atom. The van der Waals surface area contributed by atoms with E-state index in [1.54, 1.807) is 18.3 Å². The van der Waals surface area contributed by atoms with E-state index in [-0.39, 0.29) is 52.4 Å². The predicted octanol–water partition coefficient (Wildman–Crippen LogP) is 3.52. The van der Waals surface area contributed by atoms with E-state index in [4.69, 9.17) is 9.90 Å². The fourth-order valence-electron chi connectivity index (χ4n) is 0.973. The molecular formula is C13H12Br4CaN2O5. The molecule has 0 saturated carbocycles. The molecule has 134 valence electrons. The van der Waals surface area contributed by atoms with E-state index in [1.807, 2.05) is 12.1 Å². The minimum Gasteiger partial charge on any atom is -0.870 e. The van der Waals surface area contributed by atoms with Gasteiger partial charge < -0.3 is 20.9 Å². The maximum atomic E-state index is 10.1. The van der Waals surface area contributed by atoms with Gasteiger partial charge in [0.1, 0.15) is 9.21 Å². The number of carbonyl (C=O) groups is 1. The Morgan fingerprint density at radius 2 is 1.48 bits per heavy atom. The zero-order valence-corrected chi connectivity index (χ0v) is 21.0.